The molecule has 2 aliphatic rings. The lowest BCUT2D eigenvalue weighted by Gasteiger charge is -2.38. The van der Waals surface area contributed by atoms with Crippen LogP contribution in [0.5, 0.6) is 0 Å². The van der Waals surface area contributed by atoms with Gasteiger partial charge in [0, 0.05) is 37.4 Å². The fourth-order valence-corrected chi connectivity index (χ4v) is 3.87. The van der Waals surface area contributed by atoms with Crippen LogP contribution in [0.4, 0.5) is 17.2 Å². The van der Waals surface area contributed by atoms with Crippen LogP contribution >= 0.6 is 0 Å². The number of fused-ring (bicyclic) bond motifs is 1. The van der Waals surface area contributed by atoms with Gasteiger partial charge in [-0.3, -0.25) is 9.69 Å². The number of hydrogen-bond acceptors (Lipinski definition) is 6. The highest BCUT2D eigenvalue weighted by Crippen LogP contribution is 2.27. The number of piperidine rings is 1. The van der Waals surface area contributed by atoms with Crippen molar-refractivity contribution in [1.82, 2.24) is 9.88 Å². The van der Waals surface area contributed by atoms with Crippen molar-refractivity contribution in [3.8, 4) is 6.07 Å². The molecule has 0 spiro atoms. The molecule has 0 atom stereocenters. The number of nitrogens with two attached hydrogens (primary N) is 1. The standard InChI is InChI=1S/C20H22N6O/c21-10-15-9-19(23-11-17(15)22)25-7-5-16(6-8-25)26-12-14-3-1-2-4-18(14)24-20(27)13-26/h1-4,9,11,16H,5-8,12-13,22H2,(H,24,27). The maximum Gasteiger partial charge on any atom is 0.238 e. The molecule has 7 heteroatoms. The van der Waals surface area contributed by atoms with Crippen molar-refractivity contribution in [3.63, 3.8) is 0 Å². The first-order valence-corrected chi connectivity index (χ1v) is 9.16. The number of amides is 1. The molecule has 2 aromatic rings. The lowest BCUT2D eigenvalue weighted by atomic mass is 10.0. The summed E-state index contributed by atoms with van der Waals surface area (Å²) in [6, 6.07) is 12.2. The Morgan fingerprint density at radius 1 is 1.22 bits per heavy atom. The second-order valence-electron chi connectivity index (χ2n) is 7.07. The summed E-state index contributed by atoms with van der Waals surface area (Å²) < 4.78 is 0. The van der Waals surface area contributed by atoms with Crippen LogP contribution in [0.15, 0.2) is 36.5 Å². The van der Waals surface area contributed by atoms with Crippen molar-refractivity contribution in [3.05, 3.63) is 47.7 Å². The molecule has 2 aliphatic heterocycles. The molecule has 0 saturated carbocycles. The number of anilines is 3. The Kier molecular flexibility index (Phi) is 4.65. The van der Waals surface area contributed by atoms with Crippen molar-refractivity contribution in [2.75, 3.05) is 35.6 Å². The fourth-order valence-electron chi connectivity index (χ4n) is 3.87. The van der Waals surface area contributed by atoms with Crippen LogP contribution in [0.25, 0.3) is 0 Å². The number of nitrogens with zero attached hydrogens (tertiary/aromatic N) is 4. The molecular weight excluding hydrogens is 340 g/mol. The summed E-state index contributed by atoms with van der Waals surface area (Å²) in [4.78, 5) is 21.1. The molecule has 3 heterocycles. The number of benzene rings is 1. The minimum atomic E-state index is 0.0428. The molecule has 138 valence electrons. The van der Waals surface area contributed by atoms with Crippen molar-refractivity contribution in [2.45, 2.75) is 25.4 Å². The van der Waals surface area contributed by atoms with Crippen molar-refractivity contribution >= 4 is 23.1 Å². The minimum absolute atomic E-state index is 0.0428. The first-order chi connectivity index (χ1) is 13.1. The van der Waals surface area contributed by atoms with Gasteiger partial charge in [0.15, 0.2) is 0 Å². The van der Waals surface area contributed by atoms with Crippen LogP contribution in [0.2, 0.25) is 0 Å². The molecule has 0 unspecified atom stereocenters. The molecule has 1 saturated heterocycles. The Balaban J connectivity index is 1.45. The van der Waals surface area contributed by atoms with Crippen LogP contribution in [0.1, 0.15) is 24.0 Å². The molecule has 1 amide bonds. The van der Waals surface area contributed by atoms with Gasteiger partial charge >= 0.3 is 0 Å². The first kappa shape index (κ1) is 17.3. The third-order valence-electron chi connectivity index (χ3n) is 5.36. The lowest BCUT2D eigenvalue weighted by Crippen LogP contribution is -2.46. The number of hydrogen-bond donors (Lipinski definition) is 2. The molecule has 1 aromatic carbocycles. The highest BCUT2D eigenvalue weighted by atomic mass is 16.2. The second-order valence-corrected chi connectivity index (χ2v) is 7.07. The van der Waals surface area contributed by atoms with E-state index in [-0.39, 0.29) is 5.91 Å². The quantitative estimate of drug-likeness (QED) is 0.847. The zero-order valence-electron chi connectivity index (χ0n) is 15.1. The average Bonchev–Trinajstić information content (AvgIpc) is 2.86. The van der Waals surface area contributed by atoms with Crippen LogP contribution in [-0.2, 0) is 11.3 Å². The zero-order valence-corrected chi connectivity index (χ0v) is 15.1. The summed E-state index contributed by atoms with van der Waals surface area (Å²) in [6.07, 6.45) is 3.45. The minimum Gasteiger partial charge on any atom is -0.396 e. The van der Waals surface area contributed by atoms with Gasteiger partial charge in [-0.1, -0.05) is 18.2 Å². The highest BCUT2D eigenvalue weighted by Gasteiger charge is 2.29. The van der Waals surface area contributed by atoms with Gasteiger partial charge in [0.05, 0.1) is 24.0 Å². The second kappa shape index (κ2) is 7.25. The Morgan fingerprint density at radius 3 is 2.78 bits per heavy atom. The largest absolute Gasteiger partial charge is 0.396 e. The predicted molar refractivity (Wildman–Crippen MR) is 104 cm³/mol. The van der Waals surface area contributed by atoms with Gasteiger partial charge in [-0.05, 0) is 24.5 Å². The van der Waals surface area contributed by atoms with E-state index >= 15 is 0 Å². The third-order valence-corrected chi connectivity index (χ3v) is 5.36. The van der Waals surface area contributed by atoms with Gasteiger partial charge < -0.3 is 16.0 Å². The maximum atomic E-state index is 12.3. The number of para-hydroxylation sites is 1. The van der Waals surface area contributed by atoms with Gasteiger partial charge in [-0.2, -0.15) is 5.26 Å². The van der Waals surface area contributed by atoms with E-state index in [0.29, 0.717) is 23.8 Å². The fraction of sp³-hybridized carbons (Fsp3) is 0.350. The lowest BCUT2D eigenvalue weighted by molar-refractivity contribution is -0.117. The first-order valence-electron chi connectivity index (χ1n) is 9.16. The number of pyridine rings is 1. The number of aromatic nitrogens is 1. The highest BCUT2D eigenvalue weighted by molar-refractivity contribution is 5.93. The van der Waals surface area contributed by atoms with E-state index in [1.54, 1.807) is 12.3 Å². The van der Waals surface area contributed by atoms with Gasteiger partial charge in [-0.15, -0.1) is 0 Å². The summed E-state index contributed by atoms with van der Waals surface area (Å²) >= 11 is 0. The van der Waals surface area contributed by atoms with E-state index in [0.717, 1.165) is 49.5 Å². The molecule has 27 heavy (non-hydrogen) atoms. The normalized spacial score (nSPS) is 18.3. The van der Waals surface area contributed by atoms with Gasteiger partial charge in [0.1, 0.15) is 11.9 Å². The van der Waals surface area contributed by atoms with E-state index in [1.807, 2.05) is 18.2 Å². The molecule has 0 bridgehead atoms. The molecule has 0 radical (unpaired) electrons. The Bertz CT molecular complexity index is 898. The number of rotatable bonds is 2. The van der Waals surface area contributed by atoms with Gasteiger partial charge in [0.2, 0.25) is 5.91 Å². The molecule has 1 aromatic heterocycles. The number of carbonyl (C=O) groups excluding carboxylic acids is 1. The van der Waals surface area contributed by atoms with E-state index in [1.165, 1.54) is 0 Å². The number of nitriles is 1. The Morgan fingerprint density at radius 2 is 2.00 bits per heavy atom. The number of nitrogen functional groups attached to an aromatic ring is 1. The predicted octanol–water partition coefficient (Wildman–Crippen LogP) is 1.96. The molecule has 3 N–H and O–H groups in total. The van der Waals surface area contributed by atoms with E-state index in [2.05, 4.69) is 32.2 Å². The molecule has 7 nitrogen and oxygen atoms in total. The van der Waals surface area contributed by atoms with Crippen LogP contribution < -0.4 is 16.0 Å². The molecular formula is C20H22N6O. The van der Waals surface area contributed by atoms with Crippen molar-refractivity contribution < 1.29 is 4.79 Å². The zero-order chi connectivity index (χ0) is 18.8. The van der Waals surface area contributed by atoms with Crippen LogP contribution in [0, 0.1) is 11.3 Å². The van der Waals surface area contributed by atoms with E-state index in [4.69, 9.17) is 11.0 Å². The smallest absolute Gasteiger partial charge is 0.238 e. The third kappa shape index (κ3) is 3.57. The van der Waals surface area contributed by atoms with Crippen LogP contribution in [0.3, 0.4) is 0 Å². The molecule has 4 rings (SSSR count). The topological polar surface area (TPSA) is 98.3 Å². The van der Waals surface area contributed by atoms with Crippen molar-refractivity contribution in [1.29, 1.82) is 5.26 Å². The summed E-state index contributed by atoms with van der Waals surface area (Å²) in [6.45, 7) is 2.87. The van der Waals surface area contributed by atoms with Crippen LogP contribution in [-0.4, -0.2) is 41.5 Å². The molecule has 0 aliphatic carbocycles. The summed E-state index contributed by atoms with van der Waals surface area (Å²) in [5, 5.41) is 12.2. The number of carbonyl (C=O) groups is 1. The molecule has 1 fully saturated rings. The Hall–Kier alpha value is -3.11. The van der Waals surface area contributed by atoms with Gasteiger partial charge in [-0.25, -0.2) is 4.98 Å². The summed E-state index contributed by atoms with van der Waals surface area (Å²) in [7, 11) is 0. The number of nitrogens with one attached hydrogen (secondary N) is 1. The maximum absolute atomic E-state index is 12.3. The van der Waals surface area contributed by atoms with E-state index < -0.39 is 0 Å². The van der Waals surface area contributed by atoms with Crippen molar-refractivity contribution in [2.24, 2.45) is 0 Å². The SMILES string of the molecule is N#Cc1cc(N2CCC(N3CC(=O)Nc4ccccc4C3)CC2)ncc1N. The summed E-state index contributed by atoms with van der Waals surface area (Å²) in [5.41, 5.74) is 8.71. The van der Waals surface area contributed by atoms with E-state index in [9.17, 15) is 4.79 Å². The van der Waals surface area contributed by atoms with Gasteiger partial charge in [0.25, 0.3) is 0 Å². The average molecular weight is 362 g/mol. The summed E-state index contributed by atoms with van der Waals surface area (Å²) in [5.74, 6) is 0.833. The Labute approximate surface area is 158 Å². The monoisotopic (exact) mass is 362 g/mol.